The van der Waals surface area contributed by atoms with Gasteiger partial charge in [0.05, 0.1) is 6.04 Å². The number of rotatable bonds is 3. The summed E-state index contributed by atoms with van der Waals surface area (Å²) in [5.41, 5.74) is 5.79. The van der Waals surface area contributed by atoms with Gasteiger partial charge in [0.1, 0.15) is 0 Å². The summed E-state index contributed by atoms with van der Waals surface area (Å²) in [6.07, 6.45) is 0. The number of oxime groups is 1. The molecule has 0 saturated heterocycles. The first-order chi connectivity index (χ1) is 8.36. The van der Waals surface area contributed by atoms with Crippen LogP contribution in [-0.4, -0.2) is 34.9 Å². The van der Waals surface area contributed by atoms with E-state index < -0.39 is 6.04 Å². The number of amides is 1. The van der Waals surface area contributed by atoms with Gasteiger partial charge in [0.25, 0.3) is 5.91 Å². The van der Waals surface area contributed by atoms with Gasteiger partial charge in [0.2, 0.25) is 0 Å². The third-order valence-electron chi connectivity index (χ3n) is 2.55. The second kappa shape index (κ2) is 5.93. The molecule has 0 saturated carbocycles. The van der Waals surface area contributed by atoms with E-state index in [1.807, 2.05) is 0 Å². The first-order valence-corrected chi connectivity index (χ1v) is 5.83. The first-order valence-electron chi connectivity index (χ1n) is 5.07. The van der Waals surface area contributed by atoms with Crippen molar-refractivity contribution in [1.82, 2.24) is 4.90 Å². The molecule has 3 N–H and O–H groups in total. The molecular formula is C11H13Cl2N3O2. The molecule has 0 aliphatic heterocycles. The van der Waals surface area contributed by atoms with Gasteiger partial charge in [-0.3, -0.25) is 4.79 Å². The summed E-state index contributed by atoms with van der Waals surface area (Å²) in [6.45, 7) is 1.64. The van der Waals surface area contributed by atoms with E-state index in [-0.39, 0.29) is 11.7 Å². The highest BCUT2D eigenvalue weighted by Crippen LogP contribution is 2.20. The predicted molar refractivity (Wildman–Crippen MR) is 71.4 cm³/mol. The Morgan fingerprint density at radius 1 is 1.39 bits per heavy atom. The zero-order chi connectivity index (χ0) is 13.9. The number of likely N-dealkylation sites (N-methyl/N-ethyl adjacent to an activating group) is 1. The van der Waals surface area contributed by atoms with Crippen LogP contribution in [0.5, 0.6) is 0 Å². The number of hydrogen-bond acceptors (Lipinski definition) is 3. The molecule has 0 spiro atoms. The average Bonchev–Trinajstić information content (AvgIpc) is 2.33. The lowest BCUT2D eigenvalue weighted by Gasteiger charge is -2.23. The molecule has 18 heavy (non-hydrogen) atoms. The van der Waals surface area contributed by atoms with Crippen LogP contribution in [0, 0.1) is 0 Å². The molecule has 1 aromatic rings. The van der Waals surface area contributed by atoms with Gasteiger partial charge in [0.15, 0.2) is 5.84 Å². The van der Waals surface area contributed by atoms with Gasteiger partial charge in [-0.2, -0.15) is 0 Å². The van der Waals surface area contributed by atoms with Gasteiger partial charge >= 0.3 is 0 Å². The molecule has 0 bridgehead atoms. The van der Waals surface area contributed by atoms with Crippen LogP contribution < -0.4 is 5.73 Å². The van der Waals surface area contributed by atoms with Crippen molar-refractivity contribution in [3.05, 3.63) is 33.8 Å². The first kappa shape index (κ1) is 14.6. The van der Waals surface area contributed by atoms with E-state index in [0.717, 1.165) is 0 Å². The van der Waals surface area contributed by atoms with Gasteiger partial charge in [0, 0.05) is 22.7 Å². The lowest BCUT2D eigenvalue weighted by molar-refractivity contribution is 0.0776. The number of halogens is 2. The Morgan fingerprint density at radius 3 is 2.33 bits per heavy atom. The lowest BCUT2D eigenvalue weighted by atomic mass is 10.1. The molecule has 1 aromatic carbocycles. The summed E-state index contributed by atoms with van der Waals surface area (Å²) in [5, 5.41) is 12.2. The zero-order valence-electron chi connectivity index (χ0n) is 9.89. The quantitative estimate of drug-likeness (QED) is 0.387. The summed E-state index contributed by atoms with van der Waals surface area (Å²) in [7, 11) is 1.54. The van der Waals surface area contributed by atoms with Gasteiger partial charge in [-0.05, 0) is 25.1 Å². The number of carbonyl (C=O) groups is 1. The summed E-state index contributed by atoms with van der Waals surface area (Å²) >= 11 is 11.6. The molecule has 0 fully saturated rings. The Labute approximate surface area is 115 Å². The number of carbonyl (C=O) groups excluding carboxylic acids is 1. The lowest BCUT2D eigenvalue weighted by Crippen LogP contribution is -2.43. The van der Waals surface area contributed by atoms with Crippen molar-refractivity contribution in [2.75, 3.05) is 7.05 Å². The number of amidine groups is 1. The van der Waals surface area contributed by atoms with Crippen molar-refractivity contribution >= 4 is 34.9 Å². The molecule has 5 nitrogen and oxygen atoms in total. The summed E-state index contributed by atoms with van der Waals surface area (Å²) in [4.78, 5) is 13.5. The maximum atomic E-state index is 12.1. The van der Waals surface area contributed by atoms with Crippen LogP contribution in [0.25, 0.3) is 0 Å². The molecule has 0 aromatic heterocycles. The SMILES string of the molecule is CC(C(N)=NO)N(C)C(=O)c1cc(Cl)cc(Cl)c1. The minimum absolute atomic E-state index is 0.0565. The molecule has 1 amide bonds. The summed E-state index contributed by atoms with van der Waals surface area (Å²) in [5.74, 6) is -0.377. The zero-order valence-corrected chi connectivity index (χ0v) is 11.4. The van der Waals surface area contributed by atoms with E-state index in [9.17, 15) is 4.79 Å². The molecule has 1 unspecified atom stereocenters. The van der Waals surface area contributed by atoms with E-state index >= 15 is 0 Å². The Kier molecular flexibility index (Phi) is 4.81. The van der Waals surface area contributed by atoms with Gasteiger partial charge in [-0.15, -0.1) is 0 Å². The monoisotopic (exact) mass is 289 g/mol. The second-order valence-corrected chi connectivity index (χ2v) is 4.65. The van der Waals surface area contributed by atoms with Crippen molar-refractivity contribution in [3.63, 3.8) is 0 Å². The Bertz CT molecular complexity index is 471. The van der Waals surface area contributed by atoms with Crippen molar-refractivity contribution in [1.29, 1.82) is 0 Å². The maximum absolute atomic E-state index is 12.1. The molecule has 0 aliphatic rings. The smallest absolute Gasteiger partial charge is 0.254 e. The minimum Gasteiger partial charge on any atom is -0.409 e. The van der Waals surface area contributed by atoms with Crippen LogP contribution in [0.4, 0.5) is 0 Å². The number of benzene rings is 1. The van der Waals surface area contributed by atoms with Crippen molar-refractivity contribution < 1.29 is 10.0 Å². The fourth-order valence-electron chi connectivity index (χ4n) is 1.34. The van der Waals surface area contributed by atoms with Crippen LogP contribution in [0.3, 0.4) is 0 Å². The molecule has 1 atom stereocenters. The highest BCUT2D eigenvalue weighted by atomic mass is 35.5. The standard InChI is InChI=1S/C11H13Cl2N3O2/c1-6(10(14)15-18)16(2)11(17)7-3-8(12)5-9(13)4-7/h3-6,18H,1-2H3,(H2,14,15). The largest absolute Gasteiger partial charge is 0.409 e. The molecule has 1 rings (SSSR count). The third-order valence-corrected chi connectivity index (χ3v) is 2.99. The Hall–Kier alpha value is -1.46. The highest BCUT2D eigenvalue weighted by Gasteiger charge is 2.21. The van der Waals surface area contributed by atoms with Crippen molar-refractivity contribution in [3.8, 4) is 0 Å². The van der Waals surface area contributed by atoms with Crippen molar-refractivity contribution in [2.24, 2.45) is 10.9 Å². The van der Waals surface area contributed by atoms with Gasteiger partial charge in [-0.25, -0.2) is 0 Å². The predicted octanol–water partition coefficient (Wildman–Crippen LogP) is 2.20. The number of nitrogens with zero attached hydrogens (tertiary/aromatic N) is 2. The van der Waals surface area contributed by atoms with E-state index in [2.05, 4.69) is 5.16 Å². The van der Waals surface area contributed by atoms with Crippen LogP contribution in [0.1, 0.15) is 17.3 Å². The summed E-state index contributed by atoms with van der Waals surface area (Å²) < 4.78 is 0. The Morgan fingerprint density at radius 2 is 1.89 bits per heavy atom. The van der Waals surface area contributed by atoms with Crippen LogP contribution in [0.15, 0.2) is 23.4 Å². The van der Waals surface area contributed by atoms with Crippen LogP contribution in [-0.2, 0) is 0 Å². The Balaban J connectivity index is 3.00. The molecule has 0 radical (unpaired) electrons. The molecule has 98 valence electrons. The van der Waals surface area contributed by atoms with Gasteiger partial charge in [-0.1, -0.05) is 28.4 Å². The normalized spacial score (nSPS) is 13.2. The average molecular weight is 290 g/mol. The maximum Gasteiger partial charge on any atom is 0.254 e. The molecule has 0 aliphatic carbocycles. The number of hydrogen-bond donors (Lipinski definition) is 2. The fourth-order valence-corrected chi connectivity index (χ4v) is 1.86. The van der Waals surface area contributed by atoms with E-state index in [4.69, 9.17) is 34.1 Å². The van der Waals surface area contributed by atoms with Crippen LogP contribution >= 0.6 is 23.2 Å². The third kappa shape index (κ3) is 3.27. The molecule has 7 heteroatoms. The minimum atomic E-state index is -0.541. The van der Waals surface area contributed by atoms with E-state index in [1.54, 1.807) is 14.0 Å². The van der Waals surface area contributed by atoms with Crippen molar-refractivity contribution in [2.45, 2.75) is 13.0 Å². The summed E-state index contributed by atoms with van der Waals surface area (Å²) in [6, 6.07) is 4.00. The molecule has 0 heterocycles. The van der Waals surface area contributed by atoms with E-state index in [1.165, 1.54) is 23.1 Å². The number of nitrogens with two attached hydrogens (primary N) is 1. The fraction of sp³-hybridized carbons (Fsp3) is 0.273. The van der Waals surface area contributed by atoms with Crippen LogP contribution in [0.2, 0.25) is 10.0 Å². The topological polar surface area (TPSA) is 78.9 Å². The highest BCUT2D eigenvalue weighted by molar-refractivity contribution is 6.35. The second-order valence-electron chi connectivity index (χ2n) is 3.78. The van der Waals surface area contributed by atoms with Gasteiger partial charge < -0.3 is 15.8 Å². The van der Waals surface area contributed by atoms with E-state index in [0.29, 0.717) is 15.6 Å². The molecular weight excluding hydrogens is 277 g/mol.